The number of anilines is 5. The largest absolute Gasteiger partial charge is 0.369 e. The molecule has 9 nitrogen and oxygen atoms in total. The number of carbonyl (C=O) groups is 1. The molecule has 1 aromatic heterocycles. The predicted octanol–water partition coefficient (Wildman–Crippen LogP) is 3.81. The molecular formula is C26H34N8O. The molecule has 4 rings (SSSR count). The molecule has 1 fully saturated rings. The molecule has 1 aliphatic heterocycles. The lowest BCUT2D eigenvalue weighted by molar-refractivity contribution is 0.100. The van der Waals surface area contributed by atoms with Crippen molar-refractivity contribution >= 4 is 35.1 Å². The van der Waals surface area contributed by atoms with Gasteiger partial charge in [-0.25, -0.2) is 0 Å². The quantitative estimate of drug-likeness (QED) is 0.429. The first-order valence-corrected chi connectivity index (χ1v) is 12.0. The smallest absolute Gasteiger partial charge is 0.248 e. The molecule has 4 N–H and O–H groups in total. The summed E-state index contributed by atoms with van der Waals surface area (Å²) in [5.74, 6) is 1.49. The highest BCUT2D eigenvalue weighted by molar-refractivity contribution is 5.94. The predicted molar refractivity (Wildman–Crippen MR) is 142 cm³/mol. The molecule has 2 aromatic carbocycles. The zero-order valence-corrected chi connectivity index (χ0v) is 20.8. The van der Waals surface area contributed by atoms with Gasteiger partial charge in [0.25, 0.3) is 0 Å². The molecule has 0 bridgehead atoms. The van der Waals surface area contributed by atoms with Crippen LogP contribution in [0.3, 0.4) is 0 Å². The van der Waals surface area contributed by atoms with Gasteiger partial charge in [0.15, 0.2) is 0 Å². The van der Waals surface area contributed by atoms with Crippen molar-refractivity contribution in [3.05, 3.63) is 59.7 Å². The Hall–Kier alpha value is -3.88. The van der Waals surface area contributed by atoms with Gasteiger partial charge in [0.05, 0.1) is 0 Å². The Balaban J connectivity index is 1.58. The monoisotopic (exact) mass is 474 g/mol. The third-order valence-corrected chi connectivity index (χ3v) is 6.02. The van der Waals surface area contributed by atoms with Gasteiger partial charge < -0.3 is 26.2 Å². The summed E-state index contributed by atoms with van der Waals surface area (Å²) in [6, 6.07) is 15.9. The lowest BCUT2D eigenvalue weighted by Gasteiger charge is -2.22. The van der Waals surface area contributed by atoms with Crippen LogP contribution in [0, 0.1) is 12.8 Å². The van der Waals surface area contributed by atoms with Gasteiger partial charge in [0.1, 0.15) is 0 Å². The number of carbonyl (C=O) groups excluding carboxylic acids is 1. The van der Waals surface area contributed by atoms with Crippen LogP contribution in [0.15, 0.2) is 48.5 Å². The van der Waals surface area contributed by atoms with Gasteiger partial charge in [0.2, 0.25) is 23.8 Å². The van der Waals surface area contributed by atoms with E-state index in [0.29, 0.717) is 29.3 Å². The maximum atomic E-state index is 11.7. The van der Waals surface area contributed by atoms with Gasteiger partial charge in [-0.2, -0.15) is 15.0 Å². The van der Waals surface area contributed by atoms with E-state index in [2.05, 4.69) is 63.6 Å². The molecule has 35 heavy (non-hydrogen) atoms. The molecule has 1 atom stereocenters. The number of benzene rings is 2. The van der Waals surface area contributed by atoms with Crippen molar-refractivity contribution in [1.29, 1.82) is 0 Å². The van der Waals surface area contributed by atoms with Gasteiger partial charge in [-0.05, 0) is 49.1 Å². The fourth-order valence-electron chi connectivity index (χ4n) is 4.25. The fraction of sp³-hybridized carbons (Fsp3) is 0.385. The summed E-state index contributed by atoms with van der Waals surface area (Å²) in [5, 5.41) is 6.78. The van der Waals surface area contributed by atoms with Crippen molar-refractivity contribution in [1.82, 2.24) is 15.0 Å². The molecule has 184 valence electrons. The molecule has 0 spiro atoms. The maximum absolute atomic E-state index is 11.7. The molecule has 0 radical (unpaired) electrons. The topological polar surface area (TPSA) is 112 Å². The van der Waals surface area contributed by atoms with E-state index in [4.69, 9.17) is 10.7 Å². The Morgan fingerprint density at radius 1 is 1.14 bits per heavy atom. The molecule has 9 heteroatoms. The van der Waals surface area contributed by atoms with Crippen LogP contribution < -0.4 is 26.2 Å². The van der Waals surface area contributed by atoms with Crippen LogP contribution in [0.4, 0.5) is 29.2 Å². The molecule has 2 heterocycles. The highest BCUT2D eigenvalue weighted by Gasteiger charge is 2.24. The summed E-state index contributed by atoms with van der Waals surface area (Å²) in [6.45, 7) is 8.92. The van der Waals surface area contributed by atoms with Crippen LogP contribution in [-0.2, 0) is 0 Å². The zero-order chi connectivity index (χ0) is 24.9. The highest BCUT2D eigenvalue weighted by atomic mass is 16.1. The van der Waals surface area contributed by atoms with Gasteiger partial charge >= 0.3 is 0 Å². The number of nitrogens with one attached hydrogen (secondary N) is 2. The van der Waals surface area contributed by atoms with E-state index in [1.165, 1.54) is 5.69 Å². The first-order chi connectivity index (χ1) is 16.8. The van der Waals surface area contributed by atoms with E-state index < -0.39 is 5.91 Å². The first-order valence-electron chi connectivity index (χ1n) is 12.0. The lowest BCUT2D eigenvalue weighted by atomic mass is 10.1. The number of para-hydroxylation sites is 1. The Morgan fingerprint density at radius 3 is 2.60 bits per heavy atom. The maximum Gasteiger partial charge on any atom is 0.248 e. The molecule has 1 saturated heterocycles. The number of aryl methyl sites for hydroxylation is 1. The van der Waals surface area contributed by atoms with Crippen LogP contribution in [0.5, 0.6) is 0 Å². The molecule has 0 aliphatic carbocycles. The summed E-state index contributed by atoms with van der Waals surface area (Å²) >= 11 is 0. The van der Waals surface area contributed by atoms with Crippen molar-refractivity contribution in [2.75, 3.05) is 47.1 Å². The van der Waals surface area contributed by atoms with Crippen molar-refractivity contribution in [3.8, 4) is 0 Å². The number of aromatic nitrogens is 3. The van der Waals surface area contributed by atoms with E-state index in [1.54, 1.807) is 12.1 Å². The van der Waals surface area contributed by atoms with Gasteiger partial charge in [-0.15, -0.1) is 0 Å². The third-order valence-electron chi connectivity index (χ3n) is 6.02. The molecule has 0 unspecified atom stereocenters. The highest BCUT2D eigenvalue weighted by Crippen LogP contribution is 2.24. The van der Waals surface area contributed by atoms with E-state index in [0.717, 1.165) is 37.3 Å². The Labute approximate surface area is 206 Å². The van der Waals surface area contributed by atoms with E-state index in [-0.39, 0.29) is 6.04 Å². The summed E-state index contributed by atoms with van der Waals surface area (Å²) in [6.07, 6.45) is 0.986. The molecule has 3 aromatic rings. The van der Waals surface area contributed by atoms with Crippen LogP contribution in [0.2, 0.25) is 0 Å². The SMILES string of the molecule is Cc1ccc(C(N)=O)cc1Nc1nc(N[C@H]2CCN(c3ccccc3)C2)nc(N(C)CC(C)C)n1. The number of hydrogen-bond acceptors (Lipinski definition) is 8. The normalized spacial score (nSPS) is 15.3. The molecule has 1 aliphatic rings. The Kier molecular flexibility index (Phi) is 7.33. The van der Waals surface area contributed by atoms with Crippen molar-refractivity contribution in [3.63, 3.8) is 0 Å². The number of amides is 1. The Morgan fingerprint density at radius 2 is 1.89 bits per heavy atom. The van der Waals surface area contributed by atoms with Crippen LogP contribution in [0.1, 0.15) is 36.2 Å². The number of nitrogens with two attached hydrogens (primary N) is 1. The molecule has 1 amide bonds. The van der Waals surface area contributed by atoms with E-state index in [9.17, 15) is 4.79 Å². The zero-order valence-electron chi connectivity index (χ0n) is 20.8. The van der Waals surface area contributed by atoms with Crippen molar-refractivity contribution in [2.24, 2.45) is 11.7 Å². The summed E-state index contributed by atoms with van der Waals surface area (Å²) in [5.41, 5.74) is 8.80. The minimum atomic E-state index is -0.479. The molecular weight excluding hydrogens is 440 g/mol. The van der Waals surface area contributed by atoms with E-state index >= 15 is 0 Å². The second-order valence-corrected chi connectivity index (χ2v) is 9.49. The first kappa shape index (κ1) is 24.3. The van der Waals surface area contributed by atoms with Gasteiger partial charge in [0, 0.05) is 49.7 Å². The van der Waals surface area contributed by atoms with Crippen LogP contribution >= 0.6 is 0 Å². The third kappa shape index (κ3) is 6.17. The number of primary amides is 1. The van der Waals surface area contributed by atoms with Crippen LogP contribution in [-0.4, -0.2) is 53.6 Å². The second-order valence-electron chi connectivity index (χ2n) is 9.49. The van der Waals surface area contributed by atoms with Crippen LogP contribution in [0.25, 0.3) is 0 Å². The standard InChI is InChI=1S/C26H34N8O/c1-17(2)15-33(4)26-31-24(28-20-12-13-34(16-20)21-8-6-5-7-9-21)30-25(32-26)29-22-14-19(23(27)35)11-10-18(22)3/h5-11,14,17,20H,12-13,15-16H2,1-4H3,(H2,27,35)(H2,28,29,30,31,32)/t20-/m0/s1. The number of rotatable bonds is 9. The summed E-state index contributed by atoms with van der Waals surface area (Å²) in [7, 11) is 1.98. The van der Waals surface area contributed by atoms with E-state index in [1.807, 2.05) is 31.0 Å². The number of nitrogens with zero attached hydrogens (tertiary/aromatic N) is 5. The molecule has 0 saturated carbocycles. The van der Waals surface area contributed by atoms with Gasteiger partial charge in [-0.1, -0.05) is 38.1 Å². The average molecular weight is 475 g/mol. The number of hydrogen-bond donors (Lipinski definition) is 3. The fourth-order valence-corrected chi connectivity index (χ4v) is 4.25. The minimum absolute atomic E-state index is 0.216. The van der Waals surface area contributed by atoms with Crippen molar-refractivity contribution in [2.45, 2.75) is 33.2 Å². The van der Waals surface area contributed by atoms with Crippen molar-refractivity contribution < 1.29 is 4.79 Å². The Bertz CT molecular complexity index is 1170. The second kappa shape index (κ2) is 10.6. The average Bonchev–Trinajstić information content (AvgIpc) is 3.29. The summed E-state index contributed by atoms with van der Waals surface area (Å²) in [4.78, 5) is 30.1. The summed E-state index contributed by atoms with van der Waals surface area (Å²) < 4.78 is 0. The minimum Gasteiger partial charge on any atom is -0.369 e. The lowest BCUT2D eigenvalue weighted by Crippen LogP contribution is -2.28. The van der Waals surface area contributed by atoms with Gasteiger partial charge in [-0.3, -0.25) is 4.79 Å².